The number of fused-ring (bicyclic) bond motifs is 1. The second-order valence-corrected chi connectivity index (χ2v) is 9.50. The van der Waals surface area contributed by atoms with E-state index in [0.29, 0.717) is 34.4 Å². The van der Waals surface area contributed by atoms with Crippen LogP contribution in [-0.4, -0.2) is 18.9 Å². The normalized spacial score (nSPS) is 11.0. The summed E-state index contributed by atoms with van der Waals surface area (Å²) in [7, 11) is 1.33. The number of furan rings is 1. The number of rotatable bonds is 6. The average molecular weight is 539 g/mol. The number of esters is 1. The third-order valence-corrected chi connectivity index (χ3v) is 7.19. The Morgan fingerprint density at radius 1 is 0.889 bits per heavy atom. The van der Waals surface area contributed by atoms with Crippen molar-refractivity contribution in [3.8, 4) is 11.3 Å². The van der Waals surface area contributed by atoms with Gasteiger partial charge in [0.15, 0.2) is 5.78 Å². The summed E-state index contributed by atoms with van der Waals surface area (Å²) in [5.41, 5.74) is 5.29. The molecule has 5 aromatic rings. The van der Waals surface area contributed by atoms with Crippen LogP contribution in [0, 0.1) is 6.92 Å². The topological polar surface area (TPSA) is 56.5 Å². The van der Waals surface area contributed by atoms with Gasteiger partial charge in [-0.3, -0.25) is 4.79 Å². The van der Waals surface area contributed by atoms with Crippen LogP contribution in [0.5, 0.6) is 0 Å². The molecule has 36 heavy (non-hydrogen) atoms. The largest absolute Gasteiger partial charge is 0.465 e. The molecule has 0 spiro atoms. The fraction of sp³-hybridized carbons (Fsp3) is 0.0968. The lowest BCUT2D eigenvalue weighted by Gasteiger charge is -2.14. The van der Waals surface area contributed by atoms with Crippen molar-refractivity contribution in [2.75, 3.05) is 7.11 Å². The van der Waals surface area contributed by atoms with E-state index in [1.165, 1.54) is 13.4 Å². The van der Waals surface area contributed by atoms with Gasteiger partial charge in [0.2, 0.25) is 0 Å². The molecule has 0 saturated heterocycles. The second-order valence-electron chi connectivity index (χ2n) is 8.65. The van der Waals surface area contributed by atoms with Crippen LogP contribution in [0.4, 0.5) is 0 Å². The van der Waals surface area contributed by atoms with Crippen molar-refractivity contribution < 1.29 is 18.7 Å². The molecular formula is C31H23BrO4. The number of hydrogen-bond acceptors (Lipinski definition) is 4. The predicted octanol–water partition coefficient (Wildman–Crippen LogP) is 7.78. The third kappa shape index (κ3) is 4.50. The van der Waals surface area contributed by atoms with Gasteiger partial charge in [-0.05, 0) is 77.2 Å². The van der Waals surface area contributed by atoms with Gasteiger partial charge in [0, 0.05) is 21.2 Å². The fourth-order valence-corrected chi connectivity index (χ4v) is 4.77. The number of halogens is 1. The van der Waals surface area contributed by atoms with Crippen LogP contribution in [0.3, 0.4) is 0 Å². The summed E-state index contributed by atoms with van der Waals surface area (Å²) >= 11 is 3.52. The molecule has 0 aliphatic carbocycles. The number of ether oxygens (including phenoxy) is 1. The average Bonchev–Trinajstić information content (AvgIpc) is 3.40. The molecule has 0 saturated carbocycles. The Labute approximate surface area is 217 Å². The van der Waals surface area contributed by atoms with Crippen molar-refractivity contribution in [2.45, 2.75) is 13.3 Å². The van der Waals surface area contributed by atoms with Crippen molar-refractivity contribution >= 4 is 38.5 Å². The Hall–Kier alpha value is -3.96. The Morgan fingerprint density at radius 3 is 2.44 bits per heavy atom. The van der Waals surface area contributed by atoms with Crippen molar-refractivity contribution in [3.05, 3.63) is 129 Å². The molecule has 1 aromatic heterocycles. The first-order valence-corrected chi connectivity index (χ1v) is 12.3. The summed E-state index contributed by atoms with van der Waals surface area (Å²) in [6.07, 6.45) is 2.14. The lowest BCUT2D eigenvalue weighted by atomic mass is 9.89. The first kappa shape index (κ1) is 23.8. The van der Waals surface area contributed by atoms with Crippen LogP contribution in [-0.2, 0) is 11.2 Å². The summed E-state index contributed by atoms with van der Waals surface area (Å²) in [5, 5.41) is 1.78. The van der Waals surface area contributed by atoms with Crippen molar-refractivity contribution in [1.29, 1.82) is 0 Å². The molecule has 0 aliphatic heterocycles. The molecule has 0 radical (unpaired) electrons. The van der Waals surface area contributed by atoms with E-state index in [2.05, 4.69) is 34.1 Å². The maximum Gasteiger partial charge on any atom is 0.341 e. The Kier molecular flexibility index (Phi) is 6.57. The highest BCUT2D eigenvalue weighted by molar-refractivity contribution is 9.10. The summed E-state index contributed by atoms with van der Waals surface area (Å²) < 4.78 is 11.6. The number of hydrogen-bond donors (Lipinski definition) is 0. The van der Waals surface area contributed by atoms with Gasteiger partial charge in [0.05, 0.1) is 13.4 Å². The molecule has 0 aliphatic rings. The van der Waals surface area contributed by atoms with Crippen molar-refractivity contribution in [1.82, 2.24) is 0 Å². The summed E-state index contributed by atoms with van der Waals surface area (Å²) in [6.45, 7) is 1.96. The molecule has 0 amide bonds. The van der Waals surface area contributed by atoms with Crippen LogP contribution in [0.2, 0.25) is 0 Å². The number of benzene rings is 4. The molecule has 0 fully saturated rings. The highest BCUT2D eigenvalue weighted by Gasteiger charge is 2.22. The zero-order valence-electron chi connectivity index (χ0n) is 19.9. The molecule has 0 atom stereocenters. The van der Waals surface area contributed by atoms with E-state index >= 15 is 0 Å². The van der Waals surface area contributed by atoms with Gasteiger partial charge < -0.3 is 9.15 Å². The first-order chi connectivity index (χ1) is 17.5. The lowest BCUT2D eigenvalue weighted by Crippen LogP contribution is -2.06. The van der Waals surface area contributed by atoms with Crippen LogP contribution >= 0.6 is 15.9 Å². The van der Waals surface area contributed by atoms with Gasteiger partial charge in [0.1, 0.15) is 11.3 Å². The summed E-state index contributed by atoms with van der Waals surface area (Å²) in [4.78, 5) is 26.3. The molecular weight excluding hydrogens is 516 g/mol. The molecule has 5 rings (SSSR count). The number of aryl methyl sites for hydroxylation is 1. The van der Waals surface area contributed by atoms with Gasteiger partial charge in [-0.1, -0.05) is 64.5 Å². The van der Waals surface area contributed by atoms with Crippen molar-refractivity contribution in [2.24, 2.45) is 0 Å². The minimum absolute atomic E-state index is 0.0934. The number of ketones is 1. The van der Waals surface area contributed by atoms with E-state index in [1.807, 2.05) is 67.6 Å². The van der Waals surface area contributed by atoms with Crippen LogP contribution < -0.4 is 0 Å². The smallest absolute Gasteiger partial charge is 0.341 e. The van der Waals surface area contributed by atoms with Crippen LogP contribution in [0.1, 0.15) is 43.0 Å². The summed E-state index contributed by atoms with van der Waals surface area (Å²) in [6, 6.07) is 27.2. The van der Waals surface area contributed by atoms with E-state index in [1.54, 1.807) is 6.07 Å². The van der Waals surface area contributed by atoms with Crippen molar-refractivity contribution in [3.63, 3.8) is 0 Å². The molecule has 0 bridgehead atoms. The summed E-state index contributed by atoms with van der Waals surface area (Å²) in [5.74, 6) is -0.213. The number of carbonyl (C=O) groups excluding carboxylic acids is 2. The van der Waals surface area contributed by atoms with Crippen LogP contribution in [0.15, 0.2) is 100 Å². The van der Waals surface area contributed by atoms with E-state index in [9.17, 15) is 9.59 Å². The fourth-order valence-electron chi connectivity index (χ4n) is 4.52. The Bertz CT molecular complexity index is 1600. The lowest BCUT2D eigenvalue weighted by molar-refractivity contribution is 0.0601. The van der Waals surface area contributed by atoms with Gasteiger partial charge in [-0.2, -0.15) is 0 Å². The number of carbonyl (C=O) groups is 2. The predicted molar refractivity (Wildman–Crippen MR) is 145 cm³/mol. The van der Waals surface area contributed by atoms with Gasteiger partial charge >= 0.3 is 5.97 Å². The number of methoxy groups -OCH3 is 1. The standard InChI is InChI=1S/C31H23BrO4/c1-19-15-23(11-12-27(19)32)29(33)26-18-24(30-25(13-14-36-30)31(34)35-2)17-22-10-6-9-21(28(22)26)16-20-7-4-3-5-8-20/h3-15,17-18H,16H2,1-2H3. The quantitative estimate of drug-likeness (QED) is 0.163. The van der Waals surface area contributed by atoms with E-state index in [4.69, 9.17) is 9.15 Å². The first-order valence-electron chi connectivity index (χ1n) is 11.5. The van der Waals surface area contributed by atoms with Gasteiger partial charge in [-0.15, -0.1) is 0 Å². The minimum atomic E-state index is -0.493. The molecule has 4 nitrogen and oxygen atoms in total. The Morgan fingerprint density at radius 2 is 1.69 bits per heavy atom. The van der Waals surface area contributed by atoms with Crippen LogP contribution in [0.25, 0.3) is 22.1 Å². The maximum atomic E-state index is 14.0. The van der Waals surface area contributed by atoms with Gasteiger partial charge in [0.25, 0.3) is 0 Å². The third-order valence-electron chi connectivity index (χ3n) is 6.30. The SMILES string of the molecule is COC(=O)c1ccoc1-c1cc(C(=O)c2ccc(Br)c(C)c2)c2c(Cc3ccccc3)cccc2c1. The highest BCUT2D eigenvalue weighted by atomic mass is 79.9. The molecule has 0 unspecified atom stereocenters. The monoisotopic (exact) mass is 538 g/mol. The molecule has 178 valence electrons. The molecule has 0 N–H and O–H groups in total. The zero-order chi connectivity index (χ0) is 25.2. The minimum Gasteiger partial charge on any atom is -0.465 e. The van der Waals surface area contributed by atoms with E-state index < -0.39 is 5.97 Å². The zero-order valence-corrected chi connectivity index (χ0v) is 21.5. The molecule has 5 heteroatoms. The molecule has 1 heterocycles. The van der Waals surface area contributed by atoms with Gasteiger partial charge in [-0.25, -0.2) is 4.79 Å². The second kappa shape index (κ2) is 9.96. The molecule has 4 aromatic carbocycles. The maximum absolute atomic E-state index is 14.0. The Balaban J connectivity index is 1.75. The van der Waals surface area contributed by atoms with E-state index in [-0.39, 0.29) is 5.78 Å². The van der Waals surface area contributed by atoms with E-state index in [0.717, 1.165) is 31.9 Å². The highest BCUT2D eigenvalue weighted by Crippen LogP contribution is 2.35.